The number of rotatable bonds is 1. The minimum Gasteiger partial charge on any atom is -0.326 e. The van der Waals surface area contributed by atoms with Crippen molar-refractivity contribution >= 4 is 23.3 Å². The highest BCUT2D eigenvalue weighted by Gasteiger charge is 2.17. The van der Waals surface area contributed by atoms with Crippen LogP contribution in [0.4, 0.5) is 0 Å². The molecule has 0 aliphatic carbocycles. The van der Waals surface area contributed by atoms with Crippen LogP contribution in [0.3, 0.4) is 0 Å². The second-order valence-corrected chi connectivity index (χ2v) is 5.17. The second-order valence-electron chi connectivity index (χ2n) is 5.17. The number of aryl methyl sites for hydroxylation is 2. The smallest absolute Gasteiger partial charge is 0.0564 e. The standard InChI is InChI=1S/C17H16N2.ClH/c18-10-14-11-19-16-7-2-1-4-12(16)8-9-13-5-3-6-15(14)17(13)19;/h1-7,11H,8-10,18H2;1H. The lowest BCUT2D eigenvalue weighted by Gasteiger charge is -2.08. The quantitative estimate of drug-likeness (QED) is 0.727. The van der Waals surface area contributed by atoms with Crippen molar-refractivity contribution in [3.05, 3.63) is 65.4 Å². The van der Waals surface area contributed by atoms with Crippen molar-refractivity contribution in [1.29, 1.82) is 0 Å². The third-order valence-electron chi connectivity index (χ3n) is 4.13. The van der Waals surface area contributed by atoms with Crippen LogP contribution >= 0.6 is 12.4 Å². The van der Waals surface area contributed by atoms with Crippen molar-refractivity contribution in [3.63, 3.8) is 0 Å². The Kier molecular flexibility index (Phi) is 3.28. The first-order valence-corrected chi connectivity index (χ1v) is 6.78. The lowest BCUT2D eigenvalue weighted by Crippen LogP contribution is -1.97. The number of fused-ring (bicyclic) bond motifs is 2. The third-order valence-corrected chi connectivity index (χ3v) is 4.13. The Bertz CT molecular complexity index is 774. The topological polar surface area (TPSA) is 30.9 Å². The first kappa shape index (κ1) is 13.2. The van der Waals surface area contributed by atoms with E-state index in [0.29, 0.717) is 6.54 Å². The van der Waals surface area contributed by atoms with Crippen LogP contribution in [0.25, 0.3) is 16.6 Å². The fourth-order valence-corrected chi connectivity index (χ4v) is 3.21. The fraction of sp³-hybridized carbons (Fsp3) is 0.176. The fourth-order valence-electron chi connectivity index (χ4n) is 3.21. The van der Waals surface area contributed by atoms with Gasteiger partial charge in [-0.25, -0.2) is 0 Å². The Hall–Kier alpha value is -1.77. The molecule has 3 aromatic rings. The summed E-state index contributed by atoms with van der Waals surface area (Å²) in [5.74, 6) is 0. The average Bonchev–Trinajstić information content (AvgIpc) is 2.76. The van der Waals surface area contributed by atoms with E-state index in [1.54, 1.807) is 0 Å². The molecule has 2 heterocycles. The highest BCUT2D eigenvalue weighted by molar-refractivity contribution is 5.89. The van der Waals surface area contributed by atoms with Gasteiger partial charge in [0.1, 0.15) is 0 Å². The Morgan fingerprint density at radius 3 is 2.55 bits per heavy atom. The normalized spacial score (nSPS) is 12.7. The second kappa shape index (κ2) is 4.97. The summed E-state index contributed by atoms with van der Waals surface area (Å²) in [7, 11) is 0. The number of benzene rings is 2. The molecule has 0 amide bonds. The maximum Gasteiger partial charge on any atom is 0.0564 e. The van der Waals surface area contributed by atoms with E-state index in [-0.39, 0.29) is 12.4 Å². The van der Waals surface area contributed by atoms with Gasteiger partial charge in [0.2, 0.25) is 0 Å². The molecule has 4 rings (SSSR count). The van der Waals surface area contributed by atoms with Gasteiger partial charge in [0.25, 0.3) is 0 Å². The maximum absolute atomic E-state index is 5.90. The van der Waals surface area contributed by atoms with E-state index >= 15 is 0 Å². The molecule has 0 bridgehead atoms. The van der Waals surface area contributed by atoms with Gasteiger partial charge in [-0.1, -0.05) is 36.4 Å². The zero-order chi connectivity index (χ0) is 12.8. The molecule has 0 radical (unpaired) electrons. The highest BCUT2D eigenvalue weighted by atomic mass is 35.5. The molecule has 1 aliphatic heterocycles. The van der Waals surface area contributed by atoms with Gasteiger partial charge in [0.05, 0.1) is 5.52 Å². The summed E-state index contributed by atoms with van der Waals surface area (Å²) in [4.78, 5) is 0. The van der Waals surface area contributed by atoms with E-state index < -0.39 is 0 Å². The van der Waals surface area contributed by atoms with Crippen molar-refractivity contribution < 1.29 is 0 Å². The average molecular weight is 285 g/mol. The van der Waals surface area contributed by atoms with Crippen LogP contribution in [-0.4, -0.2) is 4.57 Å². The first-order valence-electron chi connectivity index (χ1n) is 6.78. The van der Waals surface area contributed by atoms with Gasteiger partial charge in [-0.15, -0.1) is 12.4 Å². The number of hydrogen-bond donors (Lipinski definition) is 1. The minimum atomic E-state index is 0. The van der Waals surface area contributed by atoms with Gasteiger partial charge in [-0.2, -0.15) is 0 Å². The molecule has 2 N–H and O–H groups in total. The predicted molar refractivity (Wildman–Crippen MR) is 85.8 cm³/mol. The van der Waals surface area contributed by atoms with Crippen molar-refractivity contribution in [2.45, 2.75) is 19.4 Å². The maximum atomic E-state index is 5.90. The molecule has 1 aliphatic rings. The van der Waals surface area contributed by atoms with Crippen LogP contribution in [0, 0.1) is 0 Å². The zero-order valence-corrected chi connectivity index (χ0v) is 12.0. The molecule has 0 fully saturated rings. The molecular weight excluding hydrogens is 268 g/mol. The van der Waals surface area contributed by atoms with E-state index in [9.17, 15) is 0 Å². The zero-order valence-electron chi connectivity index (χ0n) is 11.2. The molecular formula is C17H17ClN2. The summed E-state index contributed by atoms with van der Waals surface area (Å²) in [5, 5.41) is 1.30. The van der Waals surface area contributed by atoms with Crippen LogP contribution < -0.4 is 5.73 Å². The van der Waals surface area contributed by atoms with Crippen LogP contribution in [0.1, 0.15) is 16.7 Å². The van der Waals surface area contributed by atoms with Crippen LogP contribution in [0.2, 0.25) is 0 Å². The molecule has 0 unspecified atom stereocenters. The largest absolute Gasteiger partial charge is 0.326 e. The highest BCUT2D eigenvalue weighted by Crippen LogP contribution is 2.32. The molecule has 0 atom stereocenters. The molecule has 0 saturated heterocycles. The summed E-state index contributed by atoms with van der Waals surface area (Å²) in [6.45, 7) is 0.592. The Labute approximate surface area is 124 Å². The summed E-state index contributed by atoms with van der Waals surface area (Å²) in [6, 6.07) is 15.3. The number of nitrogens with zero attached hydrogens (tertiary/aromatic N) is 1. The first-order chi connectivity index (χ1) is 9.38. The molecule has 1 aromatic heterocycles. The summed E-state index contributed by atoms with van der Waals surface area (Å²) in [6.07, 6.45) is 4.41. The molecule has 0 spiro atoms. The van der Waals surface area contributed by atoms with Crippen molar-refractivity contribution in [2.75, 3.05) is 0 Å². The van der Waals surface area contributed by atoms with Crippen molar-refractivity contribution in [1.82, 2.24) is 4.57 Å². The lowest BCUT2D eigenvalue weighted by atomic mass is 10.0. The number of nitrogens with two attached hydrogens (primary N) is 1. The predicted octanol–water partition coefficient (Wildman–Crippen LogP) is 3.61. The Morgan fingerprint density at radius 2 is 1.70 bits per heavy atom. The number of hydrogen-bond acceptors (Lipinski definition) is 1. The summed E-state index contributed by atoms with van der Waals surface area (Å²) < 4.78 is 2.33. The van der Waals surface area contributed by atoms with Crippen molar-refractivity contribution in [2.24, 2.45) is 5.73 Å². The molecule has 2 aromatic carbocycles. The third kappa shape index (κ3) is 1.76. The minimum absolute atomic E-state index is 0. The molecule has 0 saturated carbocycles. The van der Waals surface area contributed by atoms with Gasteiger partial charge in [0, 0.05) is 23.8 Å². The number of aromatic nitrogens is 1. The molecule has 102 valence electrons. The van der Waals surface area contributed by atoms with Gasteiger partial charge < -0.3 is 10.3 Å². The van der Waals surface area contributed by atoms with Crippen molar-refractivity contribution in [3.8, 4) is 5.69 Å². The number of para-hydroxylation sites is 2. The molecule has 3 heteroatoms. The Balaban J connectivity index is 0.00000121. The van der Waals surface area contributed by atoms with Gasteiger partial charge in [-0.05, 0) is 35.6 Å². The van der Waals surface area contributed by atoms with Crippen LogP contribution in [0.5, 0.6) is 0 Å². The van der Waals surface area contributed by atoms with E-state index in [1.807, 2.05) is 0 Å². The molecule has 2 nitrogen and oxygen atoms in total. The summed E-state index contributed by atoms with van der Waals surface area (Å²) >= 11 is 0. The van der Waals surface area contributed by atoms with E-state index in [2.05, 4.69) is 53.2 Å². The van der Waals surface area contributed by atoms with E-state index in [0.717, 1.165) is 12.8 Å². The van der Waals surface area contributed by atoms with E-state index in [1.165, 1.54) is 33.3 Å². The van der Waals surface area contributed by atoms with E-state index in [4.69, 9.17) is 5.73 Å². The Morgan fingerprint density at radius 1 is 0.950 bits per heavy atom. The van der Waals surface area contributed by atoms with Gasteiger partial charge in [0.15, 0.2) is 0 Å². The number of halogens is 1. The summed E-state index contributed by atoms with van der Waals surface area (Å²) in [5.41, 5.74) is 12.6. The molecule has 20 heavy (non-hydrogen) atoms. The van der Waals surface area contributed by atoms with Gasteiger partial charge >= 0.3 is 0 Å². The van der Waals surface area contributed by atoms with Gasteiger partial charge in [-0.3, -0.25) is 0 Å². The lowest BCUT2D eigenvalue weighted by molar-refractivity contribution is 0.970. The SMILES string of the molecule is Cl.NCc1cn2c3c(cccc13)CCc1ccccc1-2. The van der Waals surface area contributed by atoms with Crippen LogP contribution in [-0.2, 0) is 19.4 Å². The monoisotopic (exact) mass is 284 g/mol. The van der Waals surface area contributed by atoms with Crippen LogP contribution in [0.15, 0.2) is 48.7 Å².